The Bertz CT molecular complexity index is 1140. The molecule has 27 heavy (non-hydrogen) atoms. The molecule has 2 aromatic heterocycles. The van der Waals surface area contributed by atoms with E-state index < -0.39 is 16.0 Å². The third-order valence-electron chi connectivity index (χ3n) is 4.08. The molecule has 0 aliphatic rings. The summed E-state index contributed by atoms with van der Waals surface area (Å²) in [6.07, 6.45) is 0.473. The molecule has 6 nitrogen and oxygen atoms in total. The van der Waals surface area contributed by atoms with Gasteiger partial charge in [0.15, 0.2) is 0 Å². The monoisotopic (exact) mass is 426 g/mol. The molecule has 9 heteroatoms. The molecule has 1 aromatic carbocycles. The zero-order valence-corrected chi connectivity index (χ0v) is 16.6. The second kappa shape index (κ2) is 7.50. The van der Waals surface area contributed by atoms with Gasteiger partial charge in [0, 0.05) is 12.1 Å². The summed E-state index contributed by atoms with van der Waals surface area (Å²) in [5.41, 5.74) is 2.05. The molecule has 0 amide bonds. The Balaban J connectivity index is 2.19. The van der Waals surface area contributed by atoms with E-state index in [1.54, 1.807) is 24.3 Å². The smallest absolute Gasteiger partial charge is 0.303 e. The highest BCUT2D eigenvalue weighted by Crippen LogP contribution is 2.30. The number of carbonyl (C=O) groups is 1. The van der Waals surface area contributed by atoms with Crippen LogP contribution in [0.2, 0.25) is 10.2 Å². The van der Waals surface area contributed by atoms with Crippen LogP contribution in [-0.2, 0) is 21.2 Å². The molecule has 0 saturated heterocycles. The number of hydrogen-bond acceptors (Lipinski definition) is 4. The molecule has 1 N–H and O–H groups in total. The van der Waals surface area contributed by atoms with Crippen molar-refractivity contribution in [2.45, 2.75) is 31.1 Å². The second-order valence-corrected chi connectivity index (χ2v) is 8.67. The third-order valence-corrected chi connectivity index (χ3v) is 6.54. The summed E-state index contributed by atoms with van der Waals surface area (Å²) < 4.78 is 27.9. The van der Waals surface area contributed by atoms with Gasteiger partial charge < -0.3 is 5.11 Å². The number of nitrogens with zero attached hydrogens (tertiary/aromatic N) is 2. The van der Waals surface area contributed by atoms with E-state index in [2.05, 4.69) is 4.98 Å². The Morgan fingerprint density at radius 3 is 2.59 bits per heavy atom. The standard InChI is InChI=1S/C18H16Cl2N2O4S/c1-11-5-7-16(13(19)9-11)27(25,26)22-12(3-2-4-18(23)24)10-14-15(22)6-8-17(20)21-14/h5-10H,2-4H2,1H3,(H,23,24). The summed E-state index contributed by atoms with van der Waals surface area (Å²) >= 11 is 12.1. The largest absolute Gasteiger partial charge is 0.481 e. The summed E-state index contributed by atoms with van der Waals surface area (Å²) in [6.45, 7) is 1.82. The van der Waals surface area contributed by atoms with E-state index in [9.17, 15) is 13.2 Å². The summed E-state index contributed by atoms with van der Waals surface area (Å²) in [5.74, 6) is -0.941. The lowest BCUT2D eigenvalue weighted by Gasteiger charge is -2.13. The summed E-state index contributed by atoms with van der Waals surface area (Å²) in [4.78, 5) is 15.0. The van der Waals surface area contributed by atoms with Crippen LogP contribution in [0, 0.1) is 6.92 Å². The number of carboxylic acid groups (broad SMARTS) is 1. The average molecular weight is 427 g/mol. The Labute approximate surface area is 166 Å². The minimum atomic E-state index is -4.01. The lowest BCUT2D eigenvalue weighted by atomic mass is 10.2. The topological polar surface area (TPSA) is 89.3 Å². The number of halogens is 2. The zero-order valence-electron chi connectivity index (χ0n) is 14.3. The van der Waals surface area contributed by atoms with Crippen molar-refractivity contribution in [2.24, 2.45) is 0 Å². The molecule has 0 aliphatic carbocycles. The van der Waals surface area contributed by atoms with Gasteiger partial charge in [-0.05, 0) is 55.7 Å². The van der Waals surface area contributed by atoms with E-state index in [4.69, 9.17) is 28.3 Å². The normalized spacial score (nSPS) is 11.8. The van der Waals surface area contributed by atoms with Crippen LogP contribution < -0.4 is 0 Å². The maximum absolute atomic E-state index is 13.3. The number of aliphatic carboxylic acids is 1. The van der Waals surface area contributed by atoms with Crippen molar-refractivity contribution in [3.8, 4) is 0 Å². The molecule has 0 aliphatic heterocycles. The van der Waals surface area contributed by atoms with Crippen LogP contribution in [0.15, 0.2) is 41.3 Å². The fourth-order valence-corrected chi connectivity index (χ4v) is 5.17. The zero-order chi connectivity index (χ0) is 19.8. The fourth-order valence-electron chi connectivity index (χ4n) is 2.88. The van der Waals surface area contributed by atoms with E-state index in [1.165, 1.54) is 16.1 Å². The first-order chi connectivity index (χ1) is 12.7. The molecule has 3 aromatic rings. The average Bonchev–Trinajstić information content (AvgIpc) is 2.92. The van der Waals surface area contributed by atoms with Crippen LogP contribution in [0.5, 0.6) is 0 Å². The highest BCUT2D eigenvalue weighted by molar-refractivity contribution is 7.90. The predicted molar refractivity (Wildman–Crippen MR) is 104 cm³/mol. The van der Waals surface area contributed by atoms with E-state index in [0.29, 0.717) is 16.7 Å². The summed E-state index contributed by atoms with van der Waals surface area (Å²) in [6, 6.07) is 9.41. The quantitative estimate of drug-likeness (QED) is 0.593. The Hall–Kier alpha value is -2.09. The van der Waals surface area contributed by atoms with Crippen molar-refractivity contribution in [1.29, 1.82) is 0 Å². The lowest BCUT2D eigenvalue weighted by molar-refractivity contribution is -0.137. The Morgan fingerprint density at radius 2 is 1.93 bits per heavy atom. The number of hydrogen-bond donors (Lipinski definition) is 1. The molecule has 0 atom stereocenters. The minimum Gasteiger partial charge on any atom is -0.481 e. The van der Waals surface area contributed by atoms with Crippen molar-refractivity contribution in [3.63, 3.8) is 0 Å². The number of carboxylic acids is 1. The van der Waals surface area contributed by atoms with Crippen molar-refractivity contribution < 1.29 is 18.3 Å². The van der Waals surface area contributed by atoms with Crippen molar-refractivity contribution in [3.05, 3.63) is 57.8 Å². The van der Waals surface area contributed by atoms with Gasteiger partial charge in [-0.25, -0.2) is 17.4 Å². The summed E-state index contributed by atoms with van der Waals surface area (Å²) in [7, 11) is -4.01. The van der Waals surface area contributed by atoms with Crippen LogP contribution >= 0.6 is 23.2 Å². The van der Waals surface area contributed by atoms with Gasteiger partial charge in [-0.2, -0.15) is 0 Å². The molecular formula is C18H16Cl2N2O4S. The number of rotatable bonds is 6. The highest BCUT2D eigenvalue weighted by Gasteiger charge is 2.26. The van der Waals surface area contributed by atoms with Gasteiger partial charge in [-0.1, -0.05) is 29.3 Å². The number of benzene rings is 1. The first-order valence-electron chi connectivity index (χ1n) is 8.10. The van der Waals surface area contributed by atoms with Crippen LogP contribution in [0.25, 0.3) is 11.0 Å². The number of fused-ring (bicyclic) bond motifs is 1. The molecule has 0 spiro atoms. The van der Waals surface area contributed by atoms with E-state index in [-0.39, 0.29) is 34.3 Å². The predicted octanol–water partition coefficient (Wildman–Crippen LogP) is 4.30. The van der Waals surface area contributed by atoms with E-state index >= 15 is 0 Å². The molecule has 0 bridgehead atoms. The van der Waals surface area contributed by atoms with Gasteiger partial charge >= 0.3 is 5.97 Å². The Morgan fingerprint density at radius 1 is 1.19 bits per heavy atom. The van der Waals surface area contributed by atoms with Crippen molar-refractivity contribution >= 4 is 50.2 Å². The fraction of sp³-hybridized carbons (Fsp3) is 0.222. The van der Waals surface area contributed by atoms with Gasteiger partial charge in [-0.3, -0.25) is 4.79 Å². The molecule has 2 heterocycles. The van der Waals surface area contributed by atoms with Crippen molar-refractivity contribution in [1.82, 2.24) is 8.96 Å². The number of aromatic nitrogens is 2. The first kappa shape index (κ1) is 19.7. The van der Waals surface area contributed by atoms with E-state index in [1.807, 2.05) is 6.92 Å². The molecule has 3 rings (SSSR count). The Kier molecular flexibility index (Phi) is 5.46. The molecule has 0 radical (unpaired) electrons. The van der Waals surface area contributed by atoms with Gasteiger partial charge in [0.05, 0.1) is 16.1 Å². The lowest BCUT2D eigenvalue weighted by Crippen LogP contribution is -2.16. The molecular weight excluding hydrogens is 411 g/mol. The van der Waals surface area contributed by atoms with Gasteiger partial charge in [-0.15, -0.1) is 0 Å². The molecule has 0 fully saturated rings. The molecule has 0 saturated carbocycles. The van der Waals surface area contributed by atoms with Gasteiger partial charge in [0.2, 0.25) is 0 Å². The maximum Gasteiger partial charge on any atom is 0.303 e. The second-order valence-electron chi connectivity index (χ2n) is 6.12. The SMILES string of the molecule is Cc1ccc(S(=O)(=O)n2c(CCCC(=O)O)cc3nc(Cl)ccc32)c(Cl)c1. The molecule has 0 unspecified atom stereocenters. The maximum atomic E-state index is 13.3. The van der Waals surface area contributed by atoms with Crippen LogP contribution in [0.3, 0.4) is 0 Å². The van der Waals surface area contributed by atoms with Crippen LogP contribution in [-0.4, -0.2) is 28.5 Å². The number of aryl methyl sites for hydroxylation is 2. The number of pyridine rings is 1. The first-order valence-corrected chi connectivity index (χ1v) is 10.3. The van der Waals surface area contributed by atoms with E-state index in [0.717, 1.165) is 5.56 Å². The minimum absolute atomic E-state index is 0.0262. The third kappa shape index (κ3) is 3.95. The van der Waals surface area contributed by atoms with Crippen molar-refractivity contribution in [2.75, 3.05) is 0 Å². The highest BCUT2D eigenvalue weighted by atomic mass is 35.5. The van der Waals surface area contributed by atoms with Crippen LogP contribution in [0.1, 0.15) is 24.1 Å². The molecule has 142 valence electrons. The summed E-state index contributed by atoms with van der Waals surface area (Å²) in [5, 5.41) is 9.22. The van der Waals surface area contributed by atoms with Crippen LogP contribution in [0.4, 0.5) is 0 Å². The van der Waals surface area contributed by atoms with Gasteiger partial charge in [0.25, 0.3) is 10.0 Å². The van der Waals surface area contributed by atoms with Gasteiger partial charge in [0.1, 0.15) is 10.0 Å².